The molecule has 4 rings (SSSR count). The third-order valence-electron chi connectivity index (χ3n) is 5.26. The SMILES string of the molecule is COc1ccccc1NC1=C(c2ccc(C)cc2C)C(=O)N(c2ccc(F)c(Cl)c2)C1=O. The van der Waals surface area contributed by atoms with Crippen LogP contribution >= 0.6 is 11.6 Å². The van der Waals surface area contributed by atoms with Crippen LogP contribution in [0.5, 0.6) is 5.75 Å². The van der Waals surface area contributed by atoms with Crippen molar-refractivity contribution in [1.29, 1.82) is 0 Å². The van der Waals surface area contributed by atoms with Crippen LogP contribution in [0.1, 0.15) is 16.7 Å². The second-order valence-corrected chi connectivity index (χ2v) is 7.84. The van der Waals surface area contributed by atoms with Gasteiger partial charge in [-0.2, -0.15) is 0 Å². The number of amides is 2. The Balaban J connectivity index is 1.88. The smallest absolute Gasteiger partial charge is 0.282 e. The van der Waals surface area contributed by atoms with Gasteiger partial charge in [0.05, 0.1) is 29.1 Å². The van der Waals surface area contributed by atoms with E-state index in [-0.39, 0.29) is 22.0 Å². The molecular weight excluding hydrogens is 431 g/mol. The molecule has 0 radical (unpaired) electrons. The monoisotopic (exact) mass is 450 g/mol. The topological polar surface area (TPSA) is 58.6 Å². The fourth-order valence-electron chi connectivity index (χ4n) is 3.73. The fourth-order valence-corrected chi connectivity index (χ4v) is 3.91. The van der Waals surface area contributed by atoms with Crippen LogP contribution in [0.25, 0.3) is 5.57 Å². The van der Waals surface area contributed by atoms with Gasteiger partial charge in [-0.25, -0.2) is 9.29 Å². The van der Waals surface area contributed by atoms with Gasteiger partial charge in [0.2, 0.25) is 0 Å². The van der Waals surface area contributed by atoms with Gasteiger partial charge in [0.25, 0.3) is 11.8 Å². The number of aryl methyl sites for hydroxylation is 2. The molecule has 0 saturated carbocycles. The van der Waals surface area contributed by atoms with Crippen LogP contribution in [0.4, 0.5) is 15.8 Å². The van der Waals surface area contributed by atoms with Gasteiger partial charge in [0.15, 0.2) is 0 Å². The molecule has 0 spiro atoms. The van der Waals surface area contributed by atoms with E-state index < -0.39 is 17.6 Å². The van der Waals surface area contributed by atoms with Gasteiger partial charge in [0, 0.05) is 0 Å². The summed E-state index contributed by atoms with van der Waals surface area (Å²) < 4.78 is 19.1. The minimum Gasteiger partial charge on any atom is -0.495 e. The van der Waals surface area contributed by atoms with Crippen molar-refractivity contribution in [1.82, 2.24) is 0 Å². The highest BCUT2D eigenvalue weighted by molar-refractivity contribution is 6.46. The fraction of sp³-hybridized carbons (Fsp3) is 0.120. The van der Waals surface area contributed by atoms with E-state index in [4.69, 9.17) is 16.3 Å². The molecule has 32 heavy (non-hydrogen) atoms. The molecule has 0 unspecified atom stereocenters. The van der Waals surface area contributed by atoms with E-state index in [0.29, 0.717) is 17.0 Å². The van der Waals surface area contributed by atoms with Crippen LogP contribution in [0.2, 0.25) is 5.02 Å². The molecule has 1 heterocycles. The Morgan fingerprint density at radius 2 is 1.72 bits per heavy atom. The average Bonchev–Trinajstić information content (AvgIpc) is 3.00. The van der Waals surface area contributed by atoms with Crippen molar-refractivity contribution in [3.63, 3.8) is 0 Å². The van der Waals surface area contributed by atoms with Crippen molar-refractivity contribution in [2.24, 2.45) is 0 Å². The number of anilines is 2. The Hall–Kier alpha value is -3.64. The van der Waals surface area contributed by atoms with E-state index in [0.717, 1.165) is 22.1 Å². The van der Waals surface area contributed by atoms with Crippen LogP contribution in [-0.4, -0.2) is 18.9 Å². The lowest BCUT2D eigenvalue weighted by Gasteiger charge is -2.16. The maximum atomic E-state index is 13.7. The zero-order valence-corrected chi connectivity index (χ0v) is 18.5. The van der Waals surface area contributed by atoms with Gasteiger partial charge < -0.3 is 10.1 Å². The van der Waals surface area contributed by atoms with Gasteiger partial charge in [-0.05, 0) is 55.3 Å². The van der Waals surface area contributed by atoms with Gasteiger partial charge in [-0.3, -0.25) is 9.59 Å². The summed E-state index contributed by atoms with van der Waals surface area (Å²) in [7, 11) is 1.52. The average molecular weight is 451 g/mol. The molecule has 5 nitrogen and oxygen atoms in total. The summed E-state index contributed by atoms with van der Waals surface area (Å²) in [6.45, 7) is 3.83. The van der Waals surface area contributed by atoms with Gasteiger partial charge in [-0.1, -0.05) is 47.5 Å². The van der Waals surface area contributed by atoms with E-state index in [9.17, 15) is 14.0 Å². The second-order valence-electron chi connectivity index (χ2n) is 7.44. The summed E-state index contributed by atoms with van der Waals surface area (Å²) >= 11 is 5.92. The number of hydrogen-bond donors (Lipinski definition) is 1. The molecule has 2 amide bonds. The van der Waals surface area contributed by atoms with Crippen LogP contribution < -0.4 is 15.0 Å². The first-order chi connectivity index (χ1) is 15.3. The van der Waals surface area contributed by atoms with Crippen LogP contribution in [0.3, 0.4) is 0 Å². The molecule has 3 aromatic carbocycles. The lowest BCUT2D eigenvalue weighted by Crippen LogP contribution is -2.32. The zero-order valence-electron chi connectivity index (χ0n) is 17.7. The Bertz CT molecular complexity index is 1290. The van der Waals surface area contributed by atoms with Gasteiger partial charge in [-0.15, -0.1) is 0 Å². The van der Waals surface area contributed by atoms with Crippen molar-refractivity contribution in [2.45, 2.75) is 13.8 Å². The standard InChI is InChI=1S/C25H20ClFN2O3/c1-14-8-10-17(15(2)12-14)22-23(28-20-6-4-5-7-21(20)32-3)25(31)29(24(22)30)16-9-11-19(27)18(26)13-16/h4-13,28H,1-3H3. The molecule has 0 bridgehead atoms. The molecule has 1 aliphatic heterocycles. The normalized spacial score (nSPS) is 13.7. The number of ether oxygens (including phenoxy) is 1. The first kappa shape index (κ1) is 21.6. The minimum absolute atomic E-state index is 0.104. The van der Waals surface area contributed by atoms with Crippen molar-refractivity contribution >= 4 is 40.4 Å². The Kier molecular flexibility index (Phi) is 5.72. The van der Waals surface area contributed by atoms with E-state index in [2.05, 4.69) is 5.32 Å². The number of methoxy groups -OCH3 is 1. The molecule has 7 heteroatoms. The number of rotatable bonds is 5. The molecule has 0 atom stereocenters. The number of nitrogens with zero attached hydrogens (tertiary/aromatic N) is 1. The Morgan fingerprint density at radius 1 is 0.969 bits per heavy atom. The van der Waals surface area contributed by atoms with Crippen molar-refractivity contribution < 1.29 is 18.7 Å². The lowest BCUT2D eigenvalue weighted by molar-refractivity contribution is -0.120. The van der Waals surface area contributed by atoms with Crippen LogP contribution in [0, 0.1) is 19.7 Å². The maximum absolute atomic E-state index is 13.7. The Morgan fingerprint density at radius 3 is 2.41 bits per heavy atom. The van der Waals surface area contributed by atoms with Crippen molar-refractivity contribution in [3.8, 4) is 5.75 Å². The number of benzene rings is 3. The summed E-state index contributed by atoms with van der Waals surface area (Å²) in [5, 5.41) is 2.91. The maximum Gasteiger partial charge on any atom is 0.282 e. The van der Waals surface area contributed by atoms with E-state index in [1.807, 2.05) is 32.0 Å². The first-order valence-electron chi connectivity index (χ1n) is 9.87. The van der Waals surface area contributed by atoms with Crippen LogP contribution in [-0.2, 0) is 9.59 Å². The summed E-state index contributed by atoms with van der Waals surface area (Å²) in [5.74, 6) is -1.21. The number of imide groups is 1. The molecule has 0 aromatic heterocycles. The number of para-hydroxylation sites is 2. The molecule has 0 saturated heterocycles. The summed E-state index contributed by atoms with van der Waals surface area (Å²) in [6, 6.07) is 16.5. The molecule has 0 fully saturated rings. The predicted molar refractivity (Wildman–Crippen MR) is 123 cm³/mol. The predicted octanol–water partition coefficient (Wildman–Crippen LogP) is 5.50. The third-order valence-corrected chi connectivity index (χ3v) is 5.55. The lowest BCUT2D eigenvalue weighted by atomic mass is 9.97. The highest BCUT2D eigenvalue weighted by Gasteiger charge is 2.41. The summed E-state index contributed by atoms with van der Waals surface area (Å²) in [5.41, 5.74) is 3.55. The number of carbonyl (C=O) groups is 2. The van der Waals surface area contributed by atoms with Gasteiger partial charge >= 0.3 is 0 Å². The van der Waals surface area contributed by atoms with E-state index in [1.54, 1.807) is 24.3 Å². The molecule has 0 aliphatic carbocycles. The van der Waals surface area contributed by atoms with Gasteiger partial charge in [0.1, 0.15) is 17.3 Å². The number of carbonyl (C=O) groups excluding carboxylic acids is 2. The number of halogens is 2. The molecule has 1 aliphatic rings. The number of nitrogens with one attached hydrogen (secondary N) is 1. The molecule has 162 valence electrons. The Labute approximate surface area is 190 Å². The third kappa shape index (κ3) is 3.74. The molecule has 1 N–H and O–H groups in total. The minimum atomic E-state index is -0.635. The van der Waals surface area contributed by atoms with E-state index in [1.165, 1.54) is 19.2 Å². The van der Waals surface area contributed by atoms with Crippen LogP contribution in [0.15, 0.2) is 66.4 Å². The largest absolute Gasteiger partial charge is 0.495 e. The highest BCUT2D eigenvalue weighted by atomic mass is 35.5. The summed E-state index contributed by atoms with van der Waals surface area (Å²) in [4.78, 5) is 28.0. The quantitative estimate of drug-likeness (QED) is 0.521. The number of hydrogen-bond acceptors (Lipinski definition) is 4. The second kappa shape index (κ2) is 8.48. The molecular formula is C25H20ClFN2O3. The van der Waals surface area contributed by atoms with E-state index >= 15 is 0 Å². The summed E-state index contributed by atoms with van der Waals surface area (Å²) in [6.07, 6.45) is 0. The zero-order chi connectivity index (χ0) is 23.0. The highest BCUT2D eigenvalue weighted by Crippen LogP contribution is 2.37. The molecule has 3 aromatic rings. The van der Waals surface area contributed by atoms with Crippen molar-refractivity contribution in [3.05, 3.63) is 93.9 Å². The van der Waals surface area contributed by atoms with Crippen molar-refractivity contribution in [2.75, 3.05) is 17.3 Å². The first-order valence-corrected chi connectivity index (χ1v) is 10.3.